The second-order valence-corrected chi connectivity index (χ2v) is 5.82. The standard InChI is InChI=1S/C17H15ClN2O2/c1-11-4-2-3-5-13(11)17(21)20-9-8-15(19-22)14-7-6-12(18)10-16(14)20/h2-7,10,15H,8-9H2,1H3. The highest BCUT2D eigenvalue weighted by Gasteiger charge is 2.30. The Hall–Kier alpha value is -2.20. The van der Waals surface area contributed by atoms with Gasteiger partial charge in [0.05, 0.1) is 5.69 Å². The van der Waals surface area contributed by atoms with Crippen LogP contribution in [-0.2, 0) is 0 Å². The third-order valence-electron chi connectivity index (χ3n) is 4.02. The third kappa shape index (κ3) is 2.50. The smallest absolute Gasteiger partial charge is 0.258 e. The summed E-state index contributed by atoms with van der Waals surface area (Å²) < 4.78 is 0. The summed E-state index contributed by atoms with van der Waals surface area (Å²) in [5.74, 6) is -0.0778. The Balaban J connectivity index is 2.06. The van der Waals surface area contributed by atoms with E-state index >= 15 is 0 Å². The van der Waals surface area contributed by atoms with Crippen LogP contribution in [0, 0.1) is 11.8 Å². The predicted molar refractivity (Wildman–Crippen MR) is 87.5 cm³/mol. The number of nitrogens with zero attached hydrogens (tertiary/aromatic N) is 2. The van der Waals surface area contributed by atoms with E-state index in [1.165, 1.54) is 0 Å². The molecule has 0 radical (unpaired) electrons. The topological polar surface area (TPSA) is 49.7 Å². The number of rotatable bonds is 2. The van der Waals surface area contributed by atoms with Crippen molar-refractivity contribution in [3.8, 4) is 0 Å². The van der Waals surface area contributed by atoms with E-state index in [0.717, 1.165) is 11.1 Å². The maximum absolute atomic E-state index is 12.9. The van der Waals surface area contributed by atoms with Crippen molar-refractivity contribution in [2.45, 2.75) is 19.4 Å². The SMILES string of the molecule is Cc1ccccc1C(=O)N1CCC(N=O)c2ccc(Cl)cc21. The molecule has 0 aromatic heterocycles. The summed E-state index contributed by atoms with van der Waals surface area (Å²) in [6, 6.07) is 12.3. The fourth-order valence-electron chi connectivity index (χ4n) is 2.84. The first-order chi connectivity index (χ1) is 10.6. The number of fused-ring (bicyclic) bond motifs is 1. The molecule has 2 aromatic rings. The minimum atomic E-state index is -0.423. The third-order valence-corrected chi connectivity index (χ3v) is 4.25. The van der Waals surface area contributed by atoms with Crippen molar-refractivity contribution in [1.29, 1.82) is 0 Å². The number of benzene rings is 2. The number of hydrogen-bond acceptors (Lipinski definition) is 3. The highest BCUT2D eigenvalue weighted by molar-refractivity contribution is 6.31. The number of anilines is 1. The minimum absolute atomic E-state index is 0.0778. The van der Waals surface area contributed by atoms with Gasteiger partial charge in [0.15, 0.2) is 0 Å². The average Bonchev–Trinajstić information content (AvgIpc) is 2.53. The molecule has 1 heterocycles. The quantitative estimate of drug-likeness (QED) is 0.766. The van der Waals surface area contributed by atoms with E-state index in [4.69, 9.17) is 11.6 Å². The number of amides is 1. The maximum atomic E-state index is 12.9. The van der Waals surface area contributed by atoms with E-state index in [-0.39, 0.29) is 5.91 Å². The van der Waals surface area contributed by atoms with Crippen LogP contribution in [-0.4, -0.2) is 12.5 Å². The molecule has 1 aliphatic rings. The van der Waals surface area contributed by atoms with Crippen LogP contribution in [0.2, 0.25) is 5.02 Å². The molecule has 0 aliphatic carbocycles. The van der Waals surface area contributed by atoms with Crippen molar-refractivity contribution in [3.63, 3.8) is 0 Å². The van der Waals surface area contributed by atoms with Crippen molar-refractivity contribution in [2.75, 3.05) is 11.4 Å². The van der Waals surface area contributed by atoms with Gasteiger partial charge in [0.2, 0.25) is 0 Å². The van der Waals surface area contributed by atoms with Crippen LogP contribution in [0.3, 0.4) is 0 Å². The largest absolute Gasteiger partial charge is 0.308 e. The summed E-state index contributed by atoms with van der Waals surface area (Å²) in [6.45, 7) is 2.36. The lowest BCUT2D eigenvalue weighted by molar-refractivity contribution is 0.0983. The molecule has 0 fully saturated rings. The molecule has 0 N–H and O–H groups in total. The lowest BCUT2D eigenvalue weighted by Crippen LogP contribution is -2.36. The summed E-state index contributed by atoms with van der Waals surface area (Å²) >= 11 is 6.07. The highest BCUT2D eigenvalue weighted by atomic mass is 35.5. The van der Waals surface area contributed by atoms with E-state index in [2.05, 4.69) is 5.18 Å². The fourth-order valence-corrected chi connectivity index (χ4v) is 3.00. The van der Waals surface area contributed by atoms with Crippen LogP contribution >= 0.6 is 11.6 Å². The summed E-state index contributed by atoms with van der Waals surface area (Å²) in [5.41, 5.74) is 3.02. The van der Waals surface area contributed by atoms with Crippen molar-refractivity contribution in [2.24, 2.45) is 5.18 Å². The minimum Gasteiger partial charge on any atom is -0.308 e. The molecular formula is C17H15ClN2O2. The molecule has 1 amide bonds. The zero-order valence-electron chi connectivity index (χ0n) is 12.1. The second-order valence-electron chi connectivity index (χ2n) is 5.38. The van der Waals surface area contributed by atoms with Gasteiger partial charge in [-0.3, -0.25) is 4.79 Å². The summed E-state index contributed by atoms with van der Waals surface area (Å²) in [4.78, 5) is 25.6. The molecule has 4 nitrogen and oxygen atoms in total. The molecule has 5 heteroatoms. The summed E-state index contributed by atoms with van der Waals surface area (Å²) in [7, 11) is 0. The van der Waals surface area contributed by atoms with Gasteiger partial charge in [-0.1, -0.05) is 41.0 Å². The molecule has 22 heavy (non-hydrogen) atoms. The molecule has 0 saturated carbocycles. The number of nitroso groups, excluding NO2 is 1. The number of carbonyl (C=O) groups is 1. The van der Waals surface area contributed by atoms with E-state index in [1.807, 2.05) is 31.2 Å². The maximum Gasteiger partial charge on any atom is 0.258 e. The zero-order valence-corrected chi connectivity index (χ0v) is 12.9. The average molecular weight is 315 g/mol. The zero-order chi connectivity index (χ0) is 15.7. The number of carbonyl (C=O) groups excluding carboxylic acids is 1. The van der Waals surface area contributed by atoms with Gasteiger partial charge in [0.1, 0.15) is 6.04 Å². The van der Waals surface area contributed by atoms with E-state index in [0.29, 0.717) is 29.2 Å². The first kappa shape index (κ1) is 14.7. The van der Waals surface area contributed by atoms with Crippen molar-refractivity contribution in [3.05, 3.63) is 69.1 Å². The highest BCUT2D eigenvalue weighted by Crippen LogP contribution is 2.38. The summed E-state index contributed by atoms with van der Waals surface area (Å²) in [6.07, 6.45) is 0.524. The van der Waals surface area contributed by atoms with Gasteiger partial charge in [-0.05, 0) is 37.1 Å². The Morgan fingerprint density at radius 2 is 2.05 bits per heavy atom. The molecule has 2 aromatic carbocycles. The monoisotopic (exact) mass is 314 g/mol. The molecule has 1 aliphatic heterocycles. The van der Waals surface area contributed by atoms with Crippen molar-refractivity contribution >= 4 is 23.2 Å². The normalized spacial score (nSPS) is 17.0. The van der Waals surface area contributed by atoms with Crippen LogP contribution in [0.5, 0.6) is 0 Å². The number of aryl methyl sites for hydroxylation is 1. The van der Waals surface area contributed by atoms with Crippen LogP contribution in [0.1, 0.15) is 33.9 Å². The van der Waals surface area contributed by atoms with Gasteiger partial charge in [0.25, 0.3) is 5.91 Å². The lowest BCUT2D eigenvalue weighted by Gasteiger charge is -2.32. The summed E-state index contributed by atoms with van der Waals surface area (Å²) in [5, 5.41) is 3.71. The van der Waals surface area contributed by atoms with Crippen LogP contribution in [0.4, 0.5) is 5.69 Å². The number of halogens is 1. The predicted octanol–water partition coefficient (Wildman–Crippen LogP) is 4.51. The van der Waals surface area contributed by atoms with Gasteiger partial charge in [0, 0.05) is 22.7 Å². The van der Waals surface area contributed by atoms with Gasteiger partial charge < -0.3 is 4.90 Å². The molecule has 1 unspecified atom stereocenters. The van der Waals surface area contributed by atoms with Crippen molar-refractivity contribution in [1.82, 2.24) is 0 Å². The van der Waals surface area contributed by atoms with Crippen LogP contribution < -0.4 is 4.90 Å². The Labute approximate surface area is 133 Å². The van der Waals surface area contributed by atoms with Crippen molar-refractivity contribution < 1.29 is 4.79 Å². The van der Waals surface area contributed by atoms with E-state index in [9.17, 15) is 9.70 Å². The Morgan fingerprint density at radius 3 is 2.77 bits per heavy atom. The molecule has 112 valence electrons. The Bertz CT molecular complexity index is 745. The lowest BCUT2D eigenvalue weighted by atomic mass is 9.96. The van der Waals surface area contributed by atoms with E-state index in [1.54, 1.807) is 23.1 Å². The Morgan fingerprint density at radius 1 is 1.27 bits per heavy atom. The van der Waals surface area contributed by atoms with Gasteiger partial charge in [-0.2, -0.15) is 4.91 Å². The molecule has 0 saturated heterocycles. The Kier molecular flexibility index (Phi) is 3.94. The van der Waals surface area contributed by atoms with E-state index < -0.39 is 6.04 Å². The molecule has 0 spiro atoms. The first-order valence-corrected chi connectivity index (χ1v) is 7.49. The van der Waals surface area contributed by atoms with Gasteiger partial charge in [-0.25, -0.2) is 0 Å². The van der Waals surface area contributed by atoms with Crippen LogP contribution in [0.25, 0.3) is 0 Å². The van der Waals surface area contributed by atoms with Crippen LogP contribution in [0.15, 0.2) is 47.6 Å². The van der Waals surface area contributed by atoms with Gasteiger partial charge >= 0.3 is 0 Å². The molecular weight excluding hydrogens is 300 g/mol. The molecule has 3 rings (SSSR count). The molecule has 0 bridgehead atoms. The first-order valence-electron chi connectivity index (χ1n) is 7.11. The molecule has 1 atom stereocenters. The fraction of sp³-hybridized carbons (Fsp3) is 0.235. The second kappa shape index (κ2) is 5.89. The van der Waals surface area contributed by atoms with Gasteiger partial charge in [-0.15, -0.1) is 0 Å². The number of hydrogen-bond donors (Lipinski definition) is 0.